The molecule has 104 valence electrons. The summed E-state index contributed by atoms with van der Waals surface area (Å²) in [5.41, 5.74) is 1.98. The summed E-state index contributed by atoms with van der Waals surface area (Å²) in [6, 6.07) is 8.64. The maximum atomic E-state index is 11.4. The van der Waals surface area contributed by atoms with Crippen LogP contribution in [-0.4, -0.2) is 29.1 Å². The van der Waals surface area contributed by atoms with Crippen molar-refractivity contribution in [2.75, 3.05) is 13.1 Å². The Hall–Kier alpha value is -1.35. The molecule has 0 spiro atoms. The number of rotatable bonds is 3. The molecule has 1 heterocycles. The second kappa shape index (κ2) is 5.33. The molecule has 1 aliphatic heterocycles. The fraction of sp³-hybridized carbons (Fsp3) is 0.562. The van der Waals surface area contributed by atoms with E-state index in [1.807, 2.05) is 13.0 Å². The van der Waals surface area contributed by atoms with Gasteiger partial charge in [-0.05, 0) is 51.3 Å². The van der Waals surface area contributed by atoms with E-state index in [9.17, 15) is 9.90 Å². The molecule has 1 aliphatic rings. The second-order valence-electron chi connectivity index (χ2n) is 5.97. The van der Waals surface area contributed by atoms with Crippen LogP contribution in [0.3, 0.4) is 0 Å². The van der Waals surface area contributed by atoms with Gasteiger partial charge in [0, 0.05) is 12.6 Å². The van der Waals surface area contributed by atoms with Gasteiger partial charge in [0.25, 0.3) is 0 Å². The van der Waals surface area contributed by atoms with Crippen LogP contribution in [0.25, 0.3) is 0 Å². The van der Waals surface area contributed by atoms with Crippen molar-refractivity contribution in [3.05, 3.63) is 35.4 Å². The van der Waals surface area contributed by atoms with Crippen LogP contribution >= 0.6 is 0 Å². The SMILES string of the molecule is Cc1ccccc1C(C)N1CCCC(C)(C(=O)O)C1. The number of carboxylic acid groups (broad SMARTS) is 1. The number of benzene rings is 1. The molecule has 0 aromatic heterocycles. The zero-order chi connectivity index (χ0) is 14.0. The molecule has 1 N–H and O–H groups in total. The van der Waals surface area contributed by atoms with Gasteiger partial charge in [0.1, 0.15) is 0 Å². The summed E-state index contributed by atoms with van der Waals surface area (Å²) in [5, 5.41) is 9.40. The van der Waals surface area contributed by atoms with Crippen LogP contribution in [-0.2, 0) is 4.79 Å². The number of aliphatic carboxylic acids is 1. The Morgan fingerprint density at radius 3 is 2.74 bits per heavy atom. The van der Waals surface area contributed by atoms with Gasteiger partial charge in [0.05, 0.1) is 5.41 Å². The summed E-state index contributed by atoms with van der Waals surface area (Å²) < 4.78 is 0. The topological polar surface area (TPSA) is 40.5 Å². The molecule has 19 heavy (non-hydrogen) atoms. The zero-order valence-electron chi connectivity index (χ0n) is 12.0. The number of hydrogen-bond donors (Lipinski definition) is 1. The predicted molar refractivity (Wildman–Crippen MR) is 76.1 cm³/mol. The van der Waals surface area contributed by atoms with Gasteiger partial charge in [-0.25, -0.2) is 0 Å². The van der Waals surface area contributed by atoms with Crippen LogP contribution in [0.15, 0.2) is 24.3 Å². The first-order chi connectivity index (χ1) is 8.94. The third kappa shape index (κ3) is 2.81. The van der Waals surface area contributed by atoms with Crippen molar-refractivity contribution in [1.82, 2.24) is 4.90 Å². The third-order valence-corrected chi connectivity index (χ3v) is 4.43. The minimum Gasteiger partial charge on any atom is -0.481 e. The van der Waals surface area contributed by atoms with E-state index in [1.165, 1.54) is 11.1 Å². The molecule has 0 aliphatic carbocycles. The molecule has 3 heteroatoms. The lowest BCUT2D eigenvalue weighted by Crippen LogP contribution is -2.46. The van der Waals surface area contributed by atoms with Crippen molar-refractivity contribution < 1.29 is 9.90 Å². The van der Waals surface area contributed by atoms with Crippen LogP contribution in [0.1, 0.15) is 43.9 Å². The molecule has 1 aromatic carbocycles. The predicted octanol–water partition coefficient (Wildman–Crippen LogP) is 3.24. The molecule has 1 saturated heterocycles. The standard InChI is InChI=1S/C16H23NO2/c1-12-7-4-5-8-14(12)13(2)17-10-6-9-16(3,11-17)15(18)19/h4-5,7-8,13H,6,9-11H2,1-3H3,(H,18,19). The lowest BCUT2D eigenvalue weighted by atomic mass is 9.81. The molecule has 0 bridgehead atoms. The van der Waals surface area contributed by atoms with Gasteiger partial charge < -0.3 is 5.11 Å². The van der Waals surface area contributed by atoms with E-state index in [-0.39, 0.29) is 6.04 Å². The summed E-state index contributed by atoms with van der Waals surface area (Å²) in [7, 11) is 0. The minimum atomic E-state index is -0.672. The summed E-state index contributed by atoms with van der Waals surface area (Å²) >= 11 is 0. The Morgan fingerprint density at radius 2 is 2.11 bits per heavy atom. The second-order valence-corrected chi connectivity index (χ2v) is 5.97. The highest BCUT2D eigenvalue weighted by Gasteiger charge is 2.39. The molecule has 2 rings (SSSR count). The van der Waals surface area contributed by atoms with Gasteiger partial charge in [-0.1, -0.05) is 24.3 Å². The molecule has 1 aromatic rings. The summed E-state index contributed by atoms with van der Waals surface area (Å²) in [5.74, 6) is -0.672. The summed E-state index contributed by atoms with van der Waals surface area (Å²) in [4.78, 5) is 13.7. The number of carbonyl (C=O) groups is 1. The molecule has 0 amide bonds. The normalized spacial score (nSPS) is 26.1. The van der Waals surface area contributed by atoms with Crippen molar-refractivity contribution in [2.24, 2.45) is 5.41 Å². The van der Waals surface area contributed by atoms with Gasteiger partial charge >= 0.3 is 5.97 Å². The average molecular weight is 261 g/mol. The van der Waals surface area contributed by atoms with Crippen LogP contribution in [0, 0.1) is 12.3 Å². The maximum absolute atomic E-state index is 11.4. The Bertz CT molecular complexity index is 472. The van der Waals surface area contributed by atoms with E-state index in [1.54, 1.807) is 0 Å². The largest absolute Gasteiger partial charge is 0.481 e. The van der Waals surface area contributed by atoms with Crippen molar-refractivity contribution in [2.45, 2.75) is 39.7 Å². The molecule has 0 saturated carbocycles. The molecule has 1 fully saturated rings. The zero-order valence-corrected chi connectivity index (χ0v) is 12.0. The number of likely N-dealkylation sites (tertiary alicyclic amines) is 1. The average Bonchev–Trinajstić information content (AvgIpc) is 2.38. The van der Waals surface area contributed by atoms with E-state index >= 15 is 0 Å². The van der Waals surface area contributed by atoms with Crippen molar-refractivity contribution in [3.63, 3.8) is 0 Å². The highest BCUT2D eigenvalue weighted by molar-refractivity contribution is 5.74. The van der Waals surface area contributed by atoms with Crippen LogP contribution in [0.4, 0.5) is 0 Å². The monoisotopic (exact) mass is 261 g/mol. The first-order valence-corrected chi connectivity index (χ1v) is 6.97. The van der Waals surface area contributed by atoms with Crippen molar-refractivity contribution in [1.29, 1.82) is 0 Å². The number of carboxylic acids is 1. The molecular weight excluding hydrogens is 238 g/mol. The van der Waals surface area contributed by atoms with Gasteiger partial charge in [0.2, 0.25) is 0 Å². The van der Waals surface area contributed by atoms with E-state index in [2.05, 4.69) is 36.9 Å². The Kier molecular flexibility index (Phi) is 3.95. The first kappa shape index (κ1) is 14.1. The quantitative estimate of drug-likeness (QED) is 0.908. The lowest BCUT2D eigenvalue weighted by molar-refractivity contribution is -0.151. The molecule has 0 radical (unpaired) electrons. The van der Waals surface area contributed by atoms with Crippen LogP contribution in [0.2, 0.25) is 0 Å². The number of hydrogen-bond acceptors (Lipinski definition) is 2. The molecular formula is C16H23NO2. The highest BCUT2D eigenvalue weighted by Crippen LogP contribution is 2.34. The number of piperidine rings is 1. The van der Waals surface area contributed by atoms with Crippen molar-refractivity contribution in [3.8, 4) is 0 Å². The van der Waals surface area contributed by atoms with E-state index < -0.39 is 11.4 Å². The third-order valence-electron chi connectivity index (χ3n) is 4.43. The molecule has 2 atom stereocenters. The van der Waals surface area contributed by atoms with Crippen molar-refractivity contribution >= 4 is 5.97 Å². The van der Waals surface area contributed by atoms with Gasteiger partial charge in [-0.15, -0.1) is 0 Å². The maximum Gasteiger partial charge on any atom is 0.310 e. The fourth-order valence-corrected chi connectivity index (χ4v) is 3.04. The number of nitrogens with zero attached hydrogens (tertiary/aromatic N) is 1. The number of aryl methyl sites for hydroxylation is 1. The molecule has 3 nitrogen and oxygen atoms in total. The Balaban J connectivity index is 2.18. The Labute approximate surface area is 115 Å². The Morgan fingerprint density at radius 1 is 1.42 bits per heavy atom. The van der Waals surface area contributed by atoms with Crippen LogP contribution in [0.5, 0.6) is 0 Å². The fourth-order valence-electron chi connectivity index (χ4n) is 3.04. The first-order valence-electron chi connectivity index (χ1n) is 6.97. The minimum absolute atomic E-state index is 0.278. The highest BCUT2D eigenvalue weighted by atomic mass is 16.4. The van der Waals surface area contributed by atoms with Gasteiger partial charge in [-0.3, -0.25) is 9.69 Å². The summed E-state index contributed by atoms with van der Waals surface area (Å²) in [6.07, 6.45) is 1.73. The van der Waals surface area contributed by atoms with E-state index in [0.717, 1.165) is 19.4 Å². The van der Waals surface area contributed by atoms with Gasteiger partial charge in [0.15, 0.2) is 0 Å². The lowest BCUT2D eigenvalue weighted by Gasteiger charge is -2.41. The molecule has 2 unspecified atom stereocenters. The van der Waals surface area contributed by atoms with E-state index in [4.69, 9.17) is 0 Å². The smallest absolute Gasteiger partial charge is 0.310 e. The summed E-state index contributed by atoms with van der Waals surface area (Å²) in [6.45, 7) is 7.78. The van der Waals surface area contributed by atoms with E-state index in [0.29, 0.717) is 6.54 Å². The van der Waals surface area contributed by atoms with Crippen LogP contribution < -0.4 is 0 Å². The van der Waals surface area contributed by atoms with Gasteiger partial charge in [-0.2, -0.15) is 0 Å².